The van der Waals surface area contributed by atoms with Crippen molar-refractivity contribution in [3.05, 3.63) is 84.3 Å². The largest absolute Gasteiger partial charge is 0.504 e. The molecular weight excluding hydrogens is 296 g/mol. The van der Waals surface area contributed by atoms with E-state index in [9.17, 15) is 0 Å². The highest BCUT2D eigenvalue weighted by atomic mass is 16.5. The van der Waals surface area contributed by atoms with Gasteiger partial charge in [0.15, 0.2) is 0 Å². The smallest absolute Gasteiger partial charge is 0.0830 e. The minimum atomic E-state index is 1.10. The van der Waals surface area contributed by atoms with E-state index in [0.29, 0.717) is 0 Å². The van der Waals surface area contributed by atoms with E-state index in [1.165, 1.54) is 16.3 Å². The molecule has 0 unspecified atom stereocenters. The summed E-state index contributed by atoms with van der Waals surface area (Å²) in [5, 5.41) is 2.46. The highest BCUT2D eigenvalue weighted by molar-refractivity contribution is 5.91. The molecule has 120 valence electrons. The molecule has 0 radical (unpaired) electrons. The molecule has 0 saturated heterocycles. The lowest BCUT2D eigenvalue weighted by Crippen LogP contribution is -1.89. The zero-order chi connectivity index (χ0) is 16.8. The molecule has 2 heteroatoms. The molecule has 3 aromatic carbocycles. The van der Waals surface area contributed by atoms with Gasteiger partial charge in [-0.2, -0.15) is 0 Å². The van der Waals surface area contributed by atoms with Crippen molar-refractivity contribution < 1.29 is 9.47 Å². The van der Waals surface area contributed by atoms with Crippen molar-refractivity contribution in [2.24, 2.45) is 0 Å². The predicted molar refractivity (Wildman–Crippen MR) is 101 cm³/mol. The molecule has 0 atom stereocenters. The molecule has 0 N–H and O–H groups in total. The van der Waals surface area contributed by atoms with E-state index in [2.05, 4.69) is 54.6 Å². The Labute approximate surface area is 142 Å². The van der Waals surface area contributed by atoms with Crippen LogP contribution in [-0.4, -0.2) is 14.2 Å². The second-order valence-corrected chi connectivity index (χ2v) is 5.45. The van der Waals surface area contributed by atoms with Gasteiger partial charge in [-0.15, -0.1) is 0 Å². The van der Waals surface area contributed by atoms with Crippen molar-refractivity contribution in [1.29, 1.82) is 0 Å². The van der Waals surface area contributed by atoms with Crippen molar-refractivity contribution in [3.63, 3.8) is 0 Å². The first-order valence-corrected chi connectivity index (χ1v) is 7.84. The quantitative estimate of drug-likeness (QED) is 0.559. The van der Waals surface area contributed by atoms with E-state index in [1.807, 2.05) is 18.2 Å². The standard InChI is InChI=1S/C22H20O2/c1-23-14-12-18-8-5-9-19(13-15-24-2)22(18)21-11-10-17-6-3-4-7-20(17)16-21/h3-16H,1-2H3. The van der Waals surface area contributed by atoms with E-state index in [0.717, 1.165) is 16.7 Å². The summed E-state index contributed by atoms with van der Waals surface area (Å²) in [6.45, 7) is 0. The fraction of sp³-hybridized carbons (Fsp3) is 0.0909. The molecule has 0 aliphatic carbocycles. The number of fused-ring (bicyclic) bond motifs is 1. The Morgan fingerprint density at radius 2 is 1.29 bits per heavy atom. The van der Waals surface area contributed by atoms with Gasteiger partial charge >= 0.3 is 0 Å². The van der Waals surface area contributed by atoms with Crippen molar-refractivity contribution in [2.45, 2.75) is 0 Å². The lowest BCUT2D eigenvalue weighted by molar-refractivity contribution is 0.341. The average Bonchev–Trinajstić information content (AvgIpc) is 2.64. The van der Waals surface area contributed by atoms with Crippen LogP contribution < -0.4 is 0 Å². The third-order valence-corrected chi connectivity index (χ3v) is 3.93. The fourth-order valence-electron chi connectivity index (χ4n) is 2.83. The summed E-state index contributed by atoms with van der Waals surface area (Å²) >= 11 is 0. The van der Waals surface area contributed by atoms with E-state index in [-0.39, 0.29) is 0 Å². The minimum Gasteiger partial charge on any atom is -0.504 e. The molecule has 0 spiro atoms. The van der Waals surface area contributed by atoms with E-state index < -0.39 is 0 Å². The van der Waals surface area contributed by atoms with Crippen LogP contribution in [0.4, 0.5) is 0 Å². The van der Waals surface area contributed by atoms with Gasteiger partial charge in [0.1, 0.15) is 0 Å². The Balaban J connectivity index is 2.21. The number of hydrogen-bond donors (Lipinski definition) is 0. The van der Waals surface area contributed by atoms with Crippen LogP contribution in [0.3, 0.4) is 0 Å². The summed E-state index contributed by atoms with van der Waals surface area (Å²) in [6.07, 6.45) is 7.36. The van der Waals surface area contributed by atoms with Crippen LogP contribution in [0.2, 0.25) is 0 Å². The maximum absolute atomic E-state index is 5.10. The summed E-state index contributed by atoms with van der Waals surface area (Å²) < 4.78 is 10.2. The van der Waals surface area contributed by atoms with E-state index in [1.54, 1.807) is 26.7 Å². The number of ether oxygens (including phenoxy) is 2. The van der Waals surface area contributed by atoms with Crippen LogP contribution in [0, 0.1) is 0 Å². The molecule has 0 aliphatic heterocycles. The van der Waals surface area contributed by atoms with Crippen molar-refractivity contribution in [2.75, 3.05) is 14.2 Å². The van der Waals surface area contributed by atoms with Crippen LogP contribution >= 0.6 is 0 Å². The van der Waals surface area contributed by atoms with Crippen LogP contribution in [0.1, 0.15) is 11.1 Å². The number of hydrogen-bond acceptors (Lipinski definition) is 2. The first-order chi connectivity index (χ1) is 11.8. The van der Waals surface area contributed by atoms with Crippen LogP contribution in [0.15, 0.2) is 73.2 Å². The summed E-state index contributed by atoms with van der Waals surface area (Å²) in [7, 11) is 3.31. The number of rotatable bonds is 5. The van der Waals surface area contributed by atoms with Gasteiger partial charge in [0.05, 0.1) is 26.7 Å². The van der Waals surface area contributed by atoms with Gasteiger partial charge in [0.25, 0.3) is 0 Å². The van der Waals surface area contributed by atoms with Crippen molar-refractivity contribution in [3.8, 4) is 11.1 Å². The zero-order valence-corrected chi connectivity index (χ0v) is 13.9. The number of methoxy groups -OCH3 is 2. The normalized spacial score (nSPS) is 11.4. The Bertz CT molecular complexity index is 859. The van der Waals surface area contributed by atoms with Crippen LogP contribution in [-0.2, 0) is 9.47 Å². The molecular formula is C22H20O2. The maximum Gasteiger partial charge on any atom is 0.0830 e. The second kappa shape index (κ2) is 7.51. The molecule has 0 amide bonds. The number of benzene rings is 3. The predicted octanol–water partition coefficient (Wildman–Crippen LogP) is 5.74. The Hall–Kier alpha value is -3.00. The maximum atomic E-state index is 5.10. The van der Waals surface area contributed by atoms with Gasteiger partial charge in [0.2, 0.25) is 0 Å². The first kappa shape index (κ1) is 15.9. The lowest BCUT2D eigenvalue weighted by atomic mass is 9.92. The fourth-order valence-corrected chi connectivity index (χ4v) is 2.83. The third-order valence-electron chi connectivity index (χ3n) is 3.93. The Morgan fingerprint density at radius 3 is 1.92 bits per heavy atom. The van der Waals surface area contributed by atoms with Gasteiger partial charge in [-0.1, -0.05) is 54.6 Å². The highest BCUT2D eigenvalue weighted by Crippen LogP contribution is 2.32. The van der Waals surface area contributed by atoms with Gasteiger partial charge in [-0.05, 0) is 51.2 Å². The van der Waals surface area contributed by atoms with Crippen LogP contribution in [0.5, 0.6) is 0 Å². The molecule has 0 saturated carbocycles. The summed E-state index contributed by atoms with van der Waals surface area (Å²) in [5.41, 5.74) is 4.53. The van der Waals surface area contributed by atoms with Gasteiger partial charge in [-0.25, -0.2) is 0 Å². The van der Waals surface area contributed by atoms with Crippen LogP contribution in [0.25, 0.3) is 34.1 Å². The SMILES string of the molecule is COC=Cc1cccc(C=COC)c1-c1ccc2ccccc2c1. The second-order valence-electron chi connectivity index (χ2n) is 5.45. The minimum absolute atomic E-state index is 1.10. The van der Waals surface area contributed by atoms with Crippen molar-refractivity contribution >= 4 is 22.9 Å². The van der Waals surface area contributed by atoms with Gasteiger partial charge in [-0.3, -0.25) is 0 Å². The summed E-state index contributed by atoms with van der Waals surface area (Å²) in [5.74, 6) is 0. The molecule has 3 aromatic rings. The van der Waals surface area contributed by atoms with E-state index >= 15 is 0 Å². The molecule has 0 bridgehead atoms. The molecule has 0 aromatic heterocycles. The van der Waals surface area contributed by atoms with E-state index in [4.69, 9.17) is 9.47 Å². The Kier molecular flexibility index (Phi) is 4.97. The van der Waals surface area contributed by atoms with Gasteiger partial charge < -0.3 is 9.47 Å². The topological polar surface area (TPSA) is 18.5 Å². The molecule has 0 aliphatic rings. The zero-order valence-electron chi connectivity index (χ0n) is 13.9. The molecule has 24 heavy (non-hydrogen) atoms. The molecule has 2 nitrogen and oxygen atoms in total. The third kappa shape index (κ3) is 3.33. The monoisotopic (exact) mass is 316 g/mol. The molecule has 0 heterocycles. The summed E-state index contributed by atoms with van der Waals surface area (Å²) in [4.78, 5) is 0. The lowest BCUT2D eigenvalue weighted by Gasteiger charge is -2.12. The average molecular weight is 316 g/mol. The first-order valence-electron chi connectivity index (χ1n) is 7.84. The molecule has 3 rings (SSSR count). The van der Waals surface area contributed by atoms with Gasteiger partial charge in [0, 0.05) is 0 Å². The Morgan fingerprint density at radius 1 is 0.667 bits per heavy atom. The summed E-state index contributed by atoms with van der Waals surface area (Å²) in [6, 6.07) is 21.1. The highest BCUT2D eigenvalue weighted by Gasteiger charge is 2.08. The molecule has 0 fully saturated rings. The van der Waals surface area contributed by atoms with Crippen molar-refractivity contribution in [1.82, 2.24) is 0 Å².